The second-order valence-electron chi connectivity index (χ2n) is 5.52. The van der Waals surface area contributed by atoms with Gasteiger partial charge in [-0.05, 0) is 13.8 Å². The van der Waals surface area contributed by atoms with Gasteiger partial charge in [0, 0.05) is 23.9 Å². The molecule has 0 spiro atoms. The molecule has 0 unspecified atom stereocenters. The molecule has 0 saturated carbocycles. The van der Waals surface area contributed by atoms with Crippen LogP contribution in [-0.2, 0) is 20.9 Å². The fraction of sp³-hybridized carbons (Fsp3) is 0.500. The van der Waals surface area contributed by atoms with Crippen LogP contribution in [0.25, 0.3) is 0 Å². The normalized spacial score (nSPS) is 11.4. The summed E-state index contributed by atoms with van der Waals surface area (Å²) in [6.45, 7) is 7.71. The van der Waals surface area contributed by atoms with Crippen LogP contribution < -0.4 is 5.73 Å². The van der Waals surface area contributed by atoms with Gasteiger partial charge in [0.15, 0.2) is 0 Å². The van der Waals surface area contributed by atoms with Crippen molar-refractivity contribution in [3.63, 3.8) is 0 Å². The number of allylic oxidation sites excluding steroid dienone is 1. The molecule has 0 fully saturated rings. The fourth-order valence-electron chi connectivity index (χ4n) is 1.77. The van der Waals surface area contributed by atoms with E-state index in [0.717, 1.165) is 12.1 Å². The quantitative estimate of drug-likeness (QED) is 0.445. The van der Waals surface area contributed by atoms with Crippen LogP contribution in [0.2, 0.25) is 0 Å². The number of carbonyl (C=O) groups excluding carboxylic acids is 2. The average molecular weight is 320 g/mol. The molecule has 0 saturated heterocycles. The number of nitrogens with two attached hydrogens (primary N) is 1. The van der Waals surface area contributed by atoms with Gasteiger partial charge >= 0.3 is 5.97 Å². The van der Waals surface area contributed by atoms with Crippen molar-refractivity contribution in [2.45, 2.75) is 40.7 Å². The predicted octanol–water partition coefficient (Wildman–Crippen LogP) is 1.82. The molecule has 0 bridgehead atoms. The zero-order valence-corrected chi connectivity index (χ0v) is 14.1. The van der Waals surface area contributed by atoms with Gasteiger partial charge in [-0.25, -0.2) is 9.97 Å². The van der Waals surface area contributed by atoms with Gasteiger partial charge in [-0.15, -0.1) is 0 Å². The molecule has 2 N–H and O–H groups in total. The third-order valence-corrected chi connectivity index (χ3v) is 3.21. The number of nitrogen functional groups attached to an aromatic ring is 1. The molecule has 0 aromatic carbocycles. The Morgan fingerprint density at radius 1 is 1.48 bits per heavy atom. The molecule has 126 valence electrons. The first-order valence-corrected chi connectivity index (χ1v) is 7.48. The summed E-state index contributed by atoms with van der Waals surface area (Å²) >= 11 is 0. The van der Waals surface area contributed by atoms with Gasteiger partial charge in [0.25, 0.3) is 0 Å². The number of aromatic nitrogens is 2. The van der Waals surface area contributed by atoms with Crippen molar-refractivity contribution in [1.29, 1.82) is 0 Å². The summed E-state index contributed by atoms with van der Waals surface area (Å²) in [4.78, 5) is 32.3. The third kappa shape index (κ3) is 6.06. The van der Waals surface area contributed by atoms with Crippen LogP contribution in [0, 0.1) is 12.8 Å². The van der Waals surface area contributed by atoms with E-state index in [4.69, 9.17) is 10.5 Å². The van der Waals surface area contributed by atoms with Gasteiger partial charge < -0.3 is 15.4 Å². The number of aryl methyl sites for hydroxylation is 1. The second-order valence-corrected chi connectivity index (χ2v) is 5.52. The second kappa shape index (κ2) is 8.87. The van der Waals surface area contributed by atoms with Crippen LogP contribution in [0.1, 0.15) is 38.6 Å². The lowest BCUT2D eigenvalue weighted by molar-refractivity contribution is -0.147. The lowest BCUT2D eigenvalue weighted by Gasteiger charge is -2.19. The summed E-state index contributed by atoms with van der Waals surface area (Å²) in [6, 6.07) is 0. The molecule has 1 amide bonds. The Bertz CT molecular complexity index is 585. The van der Waals surface area contributed by atoms with Crippen molar-refractivity contribution in [1.82, 2.24) is 14.9 Å². The molecular formula is C16H24N4O3. The third-order valence-electron chi connectivity index (χ3n) is 3.21. The van der Waals surface area contributed by atoms with Crippen LogP contribution in [0.15, 0.2) is 18.0 Å². The number of ether oxygens (including phenoxy) is 1. The topological polar surface area (TPSA) is 98.4 Å². The van der Waals surface area contributed by atoms with Gasteiger partial charge in [0.2, 0.25) is 6.41 Å². The highest BCUT2D eigenvalue weighted by atomic mass is 16.5. The Kier molecular flexibility index (Phi) is 7.18. The van der Waals surface area contributed by atoms with Crippen molar-refractivity contribution in [3.8, 4) is 0 Å². The first kappa shape index (κ1) is 18.6. The van der Waals surface area contributed by atoms with E-state index in [1.54, 1.807) is 27.0 Å². The van der Waals surface area contributed by atoms with Gasteiger partial charge in [0.05, 0.1) is 19.1 Å². The lowest BCUT2D eigenvalue weighted by Crippen LogP contribution is -2.21. The molecule has 1 rings (SSSR count). The lowest BCUT2D eigenvalue weighted by atomic mass is 10.2. The predicted molar refractivity (Wildman–Crippen MR) is 87.0 cm³/mol. The standard InChI is InChI=1S/C16H24N4O3/c1-11(2)16(22)23-7-5-6-12(3)20(10-21)9-14-8-18-13(4)19-15(14)17/h6,8,10-11H,5,7,9H2,1-4H3,(H2,17,18,19)/b12-6+. The summed E-state index contributed by atoms with van der Waals surface area (Å²) in [7, 11) is 0. The number of hydrogen-bond donors (Lipinski definition) is 1. The summed E-state index contributed by atoms with van der Waals surface area (Å²) in [6.07, 6.45) is 4.72. The van der Waals surface area contributed by atoms with Crippen LogP contribution in [-0.4, -0.2) is 33.9 Å². The zero-order valence-electron chi connectivity index (χ0n) is 14.1. The fourth-order valence-corrected chi connectivity index (χ4v) is 1.77. The molecule has 0 atom stereocenters. The van der Waals surface area contributed by atoms with Crippen molar-refractivity contribution < 1.29 is 14.3 Å². The number of carbonyl (C=O) groups is 2. The maximum absolute atomic E-state index is 11.3. The summed E-state index contributed by atoms with van der Waals surface area (Å²) < 4.78 is 5.09. The zero-order chi connectivity index (χ0) is 17.4. The van der Waals surface area contributed by atoms with E-state index in [1.807, 2.05) is 13.0 Å². The van der Waals surface area contributed by atoms with E-state index in [9.17, 15) is 9.59 Å². The van der Waals surface area contributed by atoms with E-state index in [2.05, 4.69) is 9.97 Å². The van der Waals surface area contributed by atoms with Gasteiger partial charge in [0.1, 0.15) is 11.6 Å². The molecular weight excluding hydrogens is 296 g/mol. The van der Waals surface area contributed by atoms with Crippen molar-refractivity contribution in [2.24, 2.45) is 5.92 Å². The maximum Gasteiger partial charge on any atom is 0.308 e. The summed E-state index contributed by atoms with van der Waals surface area (Å²) in [5, 5.41) is 0. The number of nitrogens with zero attached hydrogens (tertiary/aromatic N) is 3. The average Bonchev–Trinajstić information content (AvgIpc) is 2.50. The van der Waals surface area contributed by atoms with E-state index in [-0.39, 0.29) is 18.5 Å². The van der Waals surface area contributed by atoms with E-state index in [1.165, 1.54) is 4.90 Å². The van der Waals surface area contributed by atoms with Crippen LogP contribution in [0.5, 0.6) is 0 Å². The highest BCUT2D eigenvalue weighted by Gasteiger charge is 2.10. The first-order valence-electron chi connectivity index (χ1n) is 7.48. The number of amides is 1. The highest BCUT2D eigenvalue weighted by molar-refractivity contribution is 5.71. The highest BCUT2D eigenvalue weighted by Crippen LogP contribution is 2.13. The minimum absolute atomic E-state index is 0.143. The monoisotopic (exact) mass is 320 g/mol. The smallest absolute Gasteiger partial charge is 0.308 e. The maximum atomic E-state index is 11.3. The van der Waals surface area contributed by atoms with Gasteiger partial charge in [-0.1, -0.05) is 19.9 Å². The van der Waals surface area contributed by atoms with Crippen molar-refractivity contribution >= 4 is 18.2 Å². The Hall–Kier alpha value is -2.44. The minimum Gasteiger partial charge on any atom is -0.465 e. The molecule has 7 heteroatoms. The molecule has 0 aliphatic heterocycles. The van der Waals surface area contributed by atoms with E-state index in [0.29, 0.717) is 30.2 Å². The molecule has 0 radical (unpaired) electrons. The van der Waals surface area contributed by atoms with Gasteiger partial charge in [-0.3, -0.25) is 9.59 Å². The Labute approximate surface area is 136 Å². The molecule has 7 nitrogen and oxygen atoms in total. The minimum atomic E-state index is -0.229. The number of hydrogen-bond acceptors (Lipinski definition) is 6. The number of anilines is 1. The van der Waals surface area contributed by atoms with Gasteiger partial charge in [-0.2, -0.15) is 0 Å². The van der Waals surface area contributed by atoms with Crippen LogP contribution in [0.3, 0.4) is 0 Å². The number of esters is 1. The van der Waals surface area contributed by atoms with Crippen LogP contribution >= 0.6 is 0 Å². The SMILES string of the molecule is C/C(=C\CCOC(=O)C(C)C)N(C=O)Cc1cnc(C)nc1N. The molecule has 23 heavy (non-hydrogen) atoms. The molecule has 0 aliphatic rings. The molecule has 1 aromatic heterocycles. The Morgan fingerprint density at radius 2 is 2.17 bits per heavy atom. The summed E-state index contributed by atoms with van der Waals surface area (Å²) in [5.41, 5.74) is 7.27. The van der Waals surface area contributed by atoms with Crippen molar-refractivity contribution in [2.75, 3.05) is 12.3 Å². The summed E-state index contributed by atoms with van der Waals surface area (Å²) in [5.74, 6) is 0.579. The van der Waals surface area contributed by atoms with Crippen molar-refractivity contribution in [3.05, 3.63) is 29.4 Å². The first-order chi connectivity index (χ1) is 10.8. The molecule has 0 aliphatic carbocycles. The Balaban J connectivity index is 2.60. The van der Waals surface area contributed by atoms with E-state index < -0.39 is 0 Å². The molecule has 1 heterocycles. The number of rotatable bonds is 8. The van der Waals surface area contributed by atoms with Crippen LogP contribution in [0.4, 0.5) is 5.82 Å². The molecule has 1 aromatic rings. The Morgan fingerprint density at radius 3 is 2.74 bits per heavy atom. The largest absolute Gasteiger partial charge is 0.465 e. The van der Waals surface area contributed by atoms with E-state index >= 15 is 0 Å².